The fraction of sp³-hybridized carbons (Fsp3) is 0.778. The van der Waals surface area contributed by atoms with Crippen molar-refractivity contribution in [1.29, 1.82) is 0 Å². The lowest BCUT2D eigenvalue weighted by Crippen LogP contribution is -2.31. The van der Waals surface area contributed by atoms with E-state index in [0.717, 1.165) is 0 Å². The first kappa shape index (κ1) is 11.9. The second kappa shape index (κ2) is 4.15. The molecule has 1 unspecified atom stereocenters. The van der Waals surface area contributed by atoms with Gasteiger partial charge in [0.2, 0.25) is 0 Å². The third kappa shape index (κ3) is 2.67. The molecular formula is C9H17O4P. The Morgan fingerprint density at radius 2 is 1.93 bits per heavy atom. The molecule has 1 atom stereocenters. The summed E-state index contributed by atoms with van der Waals surface area (Å²) in [6, 6.07) is 0. The van der Waals surface area contributed by atoms with Gasteiger partial charge in [-0.05, 0) is 13.0 Å². The van der Waals surface area contributed by atoms with E-state index in [0.29, 0.717) is 13.2 Å². The molecule has 0 aromatic rings. The number of aliphatic hydroxyl groups excluding tert-OH is 1. The van der Waals surface area contributed by atoms with Gasteiger partial charge >= 0.3 is 7.60 Å². The first-order valence-corrected chi connectivity index (χ1v) is 6.20. The Kier molecular flexibility index (Phi) is 3.53. The highest BCUT2D eigenvalue weighted by molar-refractivity contribution is 7.54. The normalized spacial score (nSPS) is 27.7. The predicted octanol–water partition coefficient (Wildman–Crippen LogP) is 2.15. The molecule has 5 heteroatoms. The molecule has 1 aliphatic heterocycles. The van der Waals surface area contributed by atoms with Gasteiger partial charge in [0.05, 0.1) is 13.2 Å². The smallest absolute Gasteiger partial charge is 0.362 e. The molecule has 0 bridgehead atoms. The zero-order valence-corrected chi connectivity index (χ0v) is 9.66. The third-order valence-corrected chi connectivity index (χ3v) is 3.76. The second-order valence-electron chi connectivity index (χ2n) is 4.19. The first-order chi connectivity index (χ1) is 6.40. The summed E-state index contributed by atoms with van der Waals surface area (Å²) in [6.07, 6.45) is 3.04. The second-order valence-corrected chi connectivity index (χ2v) is 6.32. The molecule has 14 heavy (non-hydrogen) atoms. The van der Waals surface area contributed by atoms with Gasteiger partial charge in [-0.15, -0.1) is 0 Å². The zero-order valence-electron chi connectivity index (χ0n) is 8.77. The van der Waals surface area contributed by atoms with Crippen LogP contribution in [0.4, 0.5) is 0 Å². The minimum absolute atomic E-state index is 0.135. The van der Waals surface area contributed by atoms with E-state index >= 15 is 0 Å². The highest BCUT2D eigenvalue weighted by atomic mass is 31.2. The van der Waals surface area contributed by atoms with Crippen LogP contribution in [0.1, 0.15) is 20.8 Å². The first-order valence-electron chi connectivity index (χ1n) is 4.59. The monoisotopic (exact) mass is 220 g/mol. The highest BCUT2D eigenvalue weighted by Gasteiger charge is 2.40. The number of aliphatic hydroxyl groups is 1. The van der Waals surface area contributed by atoms with Crippen molar-refractivity contribution < 1.29 is 18.7 Å². The van der Waals surface area contributed by atoms with Gasteiger partial charge in [-0.25, -0.2) is 0 Å². The van der Waals surface area contributed by atoms with Crippen LogP contribution in [0.3, 0.4) is 0 Å². The molecule has 1 saturated heterocycles. The fourth-order valence-electron chi connectivity index (χ4n) is 1.04. The fourth-order valence-corrected chi connectivity index (χ4v) is 2.86. The van der Waals surface area contributed by atoms with Gasteiger partial charge in [-0.1, -0.05) is 19.9 Å². The molecule has 0 aromatic heterocycles. The Balaban J connectivity index is 2.66. The Bertz CT molecular complexity index is 258. The van der Waals surface area contributed by atoms with Gasteiger partial charge in [0.25, 0.3) is 0 Å². The van der Waals surface area contributed by atoms with Crippen LogP contribution in [-0.2, 0) is 13.6 Å². The van der Waals surface area contributed by atoms with Gasteiger partial charge in [0.15, 0.2) is 5.85 Å². The molecule has 1 aliphatic rings. The van der Waals surface area contributed by atoms with Crippen molar-refractivity contribution in [3.8, 4) is 0 Å². The van der Waals surface area contributed by atoms with Crippen molar-refractivity contribution in [1.82, 2.24) is 0 Å². The van der Waals surface area contributed by atoms with E-state index in [4.69, 9.17) is 9.05 Å². The topological polar surface area (TPSA) is 55.8 Å². The van der Waals surface area contributed by atoms with Crippen LogP contribution < -0.4 is 0 Å². The van der Waals surface area contributed by atoms with Gasteiger partial charge in [0.1, 0.15) is 0 Å². The molecule has 0 aromatic carbocycles. The summed E-state index contributed by atoms with van der Waals surface area (Å²) in [6.45, 7) is 6.35. The molecule has 0 saturated carbocycles. The largest absolute Gasteiger partial charge is 0.377 e. The van der Waals surface area contributed by atoms with Crippen LogP contribution >= 0.6 is 7.60 Å². The minimum atomic E-state index is -3.33. The Labute approximate surface area is 84.4 Å². The summed E-state index contributed by atoms with van der Waals surface area (Å²) in [5.74, 6) is -1.15. The van der Waals surface area contributed by atoms with E-state index < -0.39 is 13.4 Å². The lowest BCUT2D eigenvalue weighted by molar-refractivity contribution is 0.0280. The number of allylic oxidation sites excluding steroid dienone is 1. The third-order valence-electron chi connectivity index (χ3n) is 1.96. The van der Waals surface area contributed by atoms with Crippen LogP contribution in [0.5, 0.6) is 0 Å². The molecule has 82 valence electrons. The maximum atomic E-state index is 11.9. The summed E-state index contributed by atoms with van der Waals surface area (Å²) in [5, 5.41) is 9.50. The van der Waals surface area contributed by atoms with E-state index in [2.05, 4.69) is 0 Å². The van der Waals surface area contributed by atoms with Crippen molar-refractivity contribution in [2.45, 2.75) is 26.6 Å². The molecule has 1 fully saturated rings. The lowest BCUT2D eigenvalue weighted by atomic mass is 9.97. The number of rotatable bonds is 2. The molecule has 0 radical (unpaired) electrons. The zero-order chi connectivity index (χ0) is 10.8. The summed E-state index contributed by atoms with van der Waals surface area (Å²) in [5.41, 5.74) is -0.135. The molecule has 0 spiro atoms. The molecule has 0 aliphatic carbocycles. The van der Waals surface area contributed by atoms with E-state index in [1.165, 1.54) is 6.08 Å². The van der Waals surface area contributed by atoms with E-state index in [1.54, 1.807) is 13.0 Å². The average molecular weight is 220 g/mol. The molecule has 1 rings (SSSR count). The predicted molar refractivity (Wildman–Crippen MR) is 54.1 cm³/mol. The SMILES string of the molecule is C/C=C/C(O)P1(=O)OCC(C)(C)CO1. The van der Waals surface area contributed by atoms with E-state index in [9.17, 15) is 9.67 Å². The molecular weight excluding hydrogens is 203 g/mol. The summed E-state index contributed by atoms with van der Waals surface area (Å²) in [4.78, 5) is 0. The highest BCUT2D eigenvalue weighted by Crippen LogP contribution is 2.56. The minimum Gasteiger partial charge on any atom is -0.377 e. The summed E-state index contributed by atoms with van der Waals surface area (Å²) in [7, 11) is -3.33. The van der Waals surface area contributed by atoms with Crippen molar-refractivity contribution in [2.75, 3.05) is 13.2 Å². The average Bonchev–Trinajstić information content (AvgIpc) is 2.11. The summed E-state index contributed by atoms with van der Waals surface area (Å²) >= 11 is 0. The quantitative estimate of drug-likeness (QED) is 0.572. The van der Waals surface area contributed by atoms with Crippen molar-refractivity contribution >= 4 is 7.60 Å². The Morgan fingerprint density at radius 3 is 2.36 bits per heavy atom. The van der Waals surface area contributed by atoms with Crippen LogP contribution in [0.2, 0.25) is 0 Å². The van der Waals surface area contributed by atoms with Gasteiger partial charge < -0.3 is 14.2 Å². The van der Waals surface area contributed by atoms with Crippen LogP contribution in [-0.4, -0.2) is 24.2 Å². The number of hydrogen-bond acceptors (Lipinski definition) is 4. The van der Waals surface area contributed by atoms with Crippen molar-refractivity contribution in [2.24, 2.45) is 5.41 Å². The molecule has 1 N–H and O–H groups in total. The molecule has 4 nitrogen and oxygen atoms in total. The van der Waals surface area contributed by atoms with Crippen LogP contribution in [0, 0.1) is 5.41 Å². The van der Waals surface area contributed by atoms with E-state index in [-0.39, 0.29) is 5.41 Å². The Hall–Kier alpha value is -0.150. The Morgan fingerprint density at radius 1 is 1.43 bits per heavy atom. The van der Waals surface area contributed by atoms with Gasteiger partial charge in [-0.3, -0.25) is 4.57 Å². The van der Waals surface area contributed by atoms with Crippen molar-refractivity contribution in [3.63, 3.8) is 0 Å². The van der Waals surface area contributed by atoms with Gasteiger partial charge in [0, 0.05) is 5.41 Å². The number of hydrogen-bond donors (Lipinski definition) is 1. The lowest BCUT2D eigenvalue weighted by Gasteiger charge is -2.35. The molecule has 0 amide bonds. The summed E-state index contributed by atoms with van der Waals surface area (Å²) < 4.78 is 22.1. The van der Waals surface area contributed by atoms with E-state index in [1.807, 2.05) is 13.8 Å². The van der Waals surface area contributed by atoms with Crippen molar-refractivity contribution in [3.05, 3.63) is 12.2 Å². The maximum Gasteiger partial charge on any atom is 0.362 e. The molecule has 1 heterocycles. The standard InChI is InChI=1S/C9H17O4P/c1-4-5-8(10)14(11)12-6-9(2,3)7-13-14/h4-5,8,10H,6-7H2,1-3H3/b5-4+. The van der Waals surface area contributed by atoms with Crippen LogP contribution in [0.25, 0.3) is 0 Å². The van der Waals surface area contributed by atoms with Crippen LogP contribution in [0.15, 0.2) is 12.2 Å². The van der Waals surface area contributed by atoms with Gasteiger partial charge in [-0.2, -0.15) is 0 Å². The maximum absolute atomic E-state index is 11.9.